The number of hydrogen-bond acceptors (Lipinski definition) is 4. The van der Waals surface area contributed by atoms with Crippen molar-refractivity contribution < 1.29 is 14.7 Å². The van der Waals surface area contributed by atoms with Gasteiger partial charge in [-0.2, -0.15) is 0 Å². The maximum Gasteiger partial charge on any atom is 0.328 e. The Hall–Kier alpha value is -2.50. The molecule has 0 aliphatic rings. The van der Waals surface area contributed by atoms with Crippen LogP contribution in [0.15, 0.2) is 30.6 Å². The van der Waals surface area contributed by atoms with Crippen LogP contribution < -0.4 is 5.32 Å². The molecule has 2 aromatic rings. The van der Waals surface area contributed by atoms with Gasteiger partial charge in [0.25, 0.3) is 5.91 Å². The number of nitrogens with one attached hydrogen (secondary N) is 1. The zero-order valence-electron chi connectivity index (χ0n) is 10.5. The summed E-state index contributed by atoms with van der Waals surface area (Å²) >= 11 is 0. The van der Waals surface area contributed by atoms with Crippen molar-refractivity contribution in [1.82, 2.24) is 15.3 Å². The van der Waals surface area contributed by atoms with Crippen molar-refractivity contribution >= 4 is 22.9 Å². The summed E-state index contributed by atoms with van der Waals surface area (Å²) in [4.78, 5) is 31.1. The molecule has 0 spiro atoms. The number of carboxylic acids is 1. The van der Waals surface area contributed by atoms with Gasteiger partial charge in [-0.15, -0.1) is 0 Å². The molecule has 2 rings (SSSR count). The number of hydrogen-bond donors (Lipinski definition) is 2. The van der Waals surface area contributed by atoms with E-state index in [1.165, 1.54) is 20.0 Å². The SMILES string of the molecule is CC(C)(NC(=O)c1ccc2nccnc2c1)C(=O)O. The van der Waals surface area contributed by atoms with Crippen LogP contribution in [0.4, 0.5) is 0 Å². The van der Waals surface area contributed by atoms with Crippen LogP contribution in [0.2, 0.25) is 0 Å². The summed E-state index contributed by atoms with van der Waals surface area (Å²) in [7, 11) is 0. The van der Waals surface area contributed by atoms with Crippen LogP contribution in [0.5, 0.6) is 0 Å². The van der Waals surface area contributed by atoms with Gasteiger partial charge in [0.1, 0.15) is 5.54 Å². The maximum atomic E-state index is 12.0. The lowest BCUT2D eigenvalue weighted by Crippen LogP contribution is -2.49. The summed E-state index contributed by atoms with van der Waals surface area (Å²) in [6, 6.07) is 4.84. The van der Waals surface area contributed by atoms with Gasteiger partial charge in [0, 0.05) is 18.0 Å². The number of carboxylic acid groups (broad SMARTS) is 1. The fraction of sp³-hybridized carbons (Fsp3) is 0.231. The first-order valence-corrected chi connectivity index (χ1v) is 5.67. The molecule has 0 bridgehead atoms. The first kappa shape index (κ1) is 12.9. The Morgan fingerprint density at radius 1 is 1.16 bits per heavy atom. The Kier molecular flexibility index (Phi) is 3.16. The first-order chi connectivity index (χ1) is 8.90. The molecule has 1 aromatic carbocycles. The quantitative estimate of drug-likeness (QED) is 0.864. The van der Waals surface area contributed by atoms with Gasteiger partial charge in [0.05, 0.1) is 11.0 Å². The second-order valence-electron chi connectivity index (χ2n) is 4.64. The van der Waals surface area contributed by atoms with Gasteiger partial charge < -0.3 is 10.4 Å². The molecular weight excluding hydrogens is 246 g/mol. The number of aliphatic carboxylic acids is 1. The number of benzene rings is 1. The number of carbonyl (C=O) groups is 2. The minimum absolute atomic E-state index is 0.349. The third-order valence-corrected chi connectivity index (χ3v) is 2.69. The third-order valence-electron chi connectivity index (χ3n) is 2.69. The van der Waals surface area contributed by atoms with Crippen LogP contribution in [0.1, 0.15) is 24.2 Å². The van der Waals surface area contributed by atoms with E-state index >= 15 is 0 Å². The number of rotatable bonds is 3. The molecule has 6 nitrogen and oxygen atoms in total. The van der Waals surface area contributed by atoms with E-state index in [1.807, 2.05) is 0 Å². The molecule has 6 heteroatoms. The number of aromatic nitrogens is 2. The van der Waals surface area contributed by atoms with Gasteiger partial charge in [-0.1, -0.05) is 0 Å². The zero-order chi connectivity index (χ0) is 14.0. The molecule has 0 saturated carbocycles. The minimum atomic E-state index is -1.32. The van der Waals surface area contributed by atoms with Crippen molar-refractivity contribution in [1.29, 1.82) is 0 Å². The highest BCUT2D eigenvalue weighted by molar-refractivity contribution is 5.99. The summed E-state index contributed by atoms with van der Waals surface area (Å²) in [5.41, 5.74) is 0.288. The minimum Gasteiger partial charge on any atom is -0.480 e. The second-order valence-corrected chi connectivity index (χ2v) is 4.64. The Labute approximate surface area is 109 Å². The molecule has 1 aromatic heterocycles. The van der Waals surface area contributed by atoms with Crippen LogP contribution in [0, 0.1) is 0 Å². The summed E-state index contributed by atoms with van der Waals surface area (Å²) in [6.07, 6.45) is 3.10. The molecule has 98 valence electrons. The van der Waals surface area contributed by atoms with Gasteiger partial charge >= 0.3 is 5.97 Å². The van der Waals surface area contributed by atoms with E-state index in [4.69, 9.17) is 5.11 Å². The molecule has 0 saturated heterocycles. The molecule has 0 unspecified atom stereocenters. The molecule has 1 heterocycles. The lowest BCUT2D eigenvalue weighted by molar-refractivity contribution is -0.143. The number of carbonyl (C=O) groups excluding carboxylic acids is 1. The molecule has 2 N–H and O–H groups in total. The molecule has 0 fully saturated rings. The highest BCUT2D eigenvalue weighted by Crippen LogP contribution is 2.12. The topological polar surface area (TPSA) is 92.2 Å². The fourth-order valence-corrected chi connectivity index (χ4v) is 1.51. The third kappa shape index (κ3) is 2.67. The van der Waals surface area contributed by atoms with Crippen molar-refractivity contribution in [3.05, 3.63) is 36.2 Å². The first-order valence-electron chi connectivity index (χ1n) is 5.67. The summed E-state index contributed by atoms with van der Waals surface area (Å²) in [5, 5.41) is 11.4. The normalized spacial score (nSPS) is 11.3. The van der Waals surface area contributed by atoms with Crippen molar-refractivity contribution in [3.63, 3.8) is 0 Å². The summed E-state index contributed by atoms with van der Waals surface area (Å²) in [5.74, 6) is -1.55. The van der Waals surface area contributed by atoms with Crippen molar-refractivity contribution in [2.75, 3.05) is 0 Å². The average molecular weight is 259 g/mol. The van der Waals surface area contributed by atoms with E-state index in [-0.39, 0.29) is 0 Å². The number of fused-ring (bicyclic) bond motifs is 1. The van der Waals surface area contributed by atoms with E-state index in [2.05, 4.69) is 15.3 Å². The average Bonchev–Trinajstić information content (AvgIpc) is 2.37. The van der Waals surface area contributed by atoms with Crippen molar-refractivity contribution in [2.24, 2.45) is 0 Å². The van der Waals surface area contributed by atoms with Crippen LogP contribution in [0.3, 0.4) is 0 Å². The maximum absolute atomic E-state index is 12.0. The molecular formula is C13H13N3O3. The molecule has 19 heavy (non-hydrogen) atoms. The molecule has 0 atom stereocenters. The summed E-state index contributed by atoms with van der Waals surface area (Å²) in [6.45, 7) is 2.85. The largest absolute Gasteiger partial charge is 0.480 e. The molecule has 0 radical (unpaired) electrons. The highest BCUT2D eigenvalue weighted by atomic mass is 16.4. The van der Waals surface area contributed by atoms with E-state index in [9.17, 15) is 9.59 Å². The van der Waals surface area contributed by atoms with Gasteiger partial charge in [0.15, 0.2) is 0 Å². The predicted octanol–water partition coefficient (Wildman–Crippen LogP) is 1.22. The van der Waals surface area contributed by atoms with E-state index in [0.717, 1.165) is 0 Å². The standard InChI is InChI=1S/C13H13N3O3/c1-13(2,12(18)19)16-11(17)8-3-4-9-10(7-8)15-6-5-14-9/h3-7H,1-2H3,(H,16,17)(H,18,19). The van der Waals surface area contributed by atoms with E-state index in [1.54, 1.807) is 24.4 Å². The van der Waals surface area contributed by atoms with E-state index in [0.29, 0.717) is 16.6 Å². The lowest BCUT2D eigenvalue weighted by atomic mass is 10.1. The Bertz CT molecular complexity index is 652. The second kappa shape index (κ2) is 4.64. The zero-order valence-corrected chi connectivity index (χ0v) is 10.5. The molecule has 0 aliphatic carbocycles. The molecule has 0 aliphatic heterocycles. The Morgan fingerprint density at radius 2 is 1.79 bits per heavy atom. The fourth-order valence-electron chi connectivity index (χ4n) is 1.51. The Balaban J connectivity index is 2.29. The smallest absolute Gasteiger partial charge is 0.328 e. The van der Waals surface area contributed by atoms with E-state index < -0.39 is 17.4 Å². The van der Waals surface area contributed by atoms with Gasteiger partial charge in [0.2, 0.25) is 0 Å². The molecule has 1 amide bonds. The van der Waals surface area contributed by atoms with Crippen LogP contribution >= 0.6 is 0 Å². The highest BCUT2D eigenvalue weighted by Gasteiger charge is 2.29. The number of amides is 1. The lowest BCUT2D eigenvalue weighted by Gasteiger charge is -2.20. The number of nitrogens with zero attached hydrogens (tertiary/aromatic N) is 2. The van der Waals surface area contributed by atoms with Gasteiger partial charge in [-0.05, 0) is 32.0 Å². The van der Waals surface area contributed by atoms with Crippen molar-refractivity contribution in [3.8, 4) is 0 Å². The predicted molar refractivity (Wildman–Crippen MR) is 68.7 cm³/mol. The summed E-state index contributed by atoms with van der Waals surface area (Å²) < 4.78 is 0. The van der Waals surface area contributed by atoms with Gasteiger partial charge in [-0.3, -0.25) is 14.8 Å². The van der Waals surface area contributed by atoms with Crippen LogP contribution in [0.25, 0.3) is 11.0 Å². The van der Waals surface area contributed by atoms with Crippen LogP contribution in [-0.4, -0.2) is 32.5 Å². The van der Waals surface area contributed by atoms with Crippen LogP contribution in [-0.2, 0) is 4.79 Å². The monoisotopic (exact) mass is 259 g/mol. The Morgan fingerprint density at radius 3 is 2.42 bits per heavy atom. The van der Waals surface area contributed by atoms with Gasteiger partial charge in [-0.25, -0.2) is 4.79 Å². The van der Waals surface area contributed by atoms with Crippen molar-refractivity contribution in [2.45, 2.75) is 19.4 Å².